The Morgan fingerprint density at radius 2 is 1.83 bits per heavy atom. The summed E-state index contributed by atoms with van der Waals surface area (Å²) in [6.07, 6.45) is 9.18. The van der Waals surface area contributed by atoms with Gasteiger partial charge < -0.3 is 0 Å². The summed E-state index contributed by atoms with van der Waals surface area (Å²) in [5.74, 6) is -0.195. The maximum absolute atomic E-state index is 12.2. The van der Waals surface area contributed by atoms with E-state index in [1.807, 2.05) is 6.92 Å². The van der Waals surface area contributed by atoms with Crippen LogP contribution < -0.4 is 5.32 Å². The molecular weight excluding hydrogens is 330 g/mol. The van der Waals surface area contributed by atoms with Gasteiger partial charge in [-0.15, -0.1) is 15.3 Å². The van der Waals surface area contributed by atoms with Crippen LogP contribution in [0, 0.1) is 0 Å². The standard InChI is InChI=1S/C15H23N5OS2/c1-3-5-6-7-8-9-10-12-18-19-15(22-12)16-14(21)13-11(4-2)17-20-23-13/h3-10H2,1-2H3,(H,16,19,21). The average Bonchev–Trinajstić information content (AvgIpc) is 3.19. The monoisotopic (exact) mass is 353 g/mol. The Labute approximate surface area is 144 Å². The normalized spacial score (nSPS) is 10.9. The van der Waals surface area contributed by atoms with Crippen LogP contribution in [0.15, 0.2) is 0 Å². The van der Waals surface area contributed by atoms with Gasteiger partial charge in [-0.25, -0.2) is 0 Å². The predicted molar refractivity (Wildman–Crippen MR) is 94.2 cm³/mol. The van der Waals surface area contributed by atoms with Gasteiger partial charge in [0.1, 0.15) is 9.88 Å². The molecule has 0 unspecified atom stereocenters. The summed E-state index contributed by atoms with van der Waals surface area (Å²) < 4.78 is 3.83. The van der Waals surface area contributed by atoms with E-state index in [0.29, 0.717) is 16.4 Å². The van der Waals surface area contributed by atoms with Crippen LogP contribution in [0.5, 0.6) is 0 Å². The molecule has 126 valence electrons. The molecule has 0 spiro atoms. The number of amides is 1. The Morgan fingerprint density at radius 3 is 2.61 bits per heavy atom. The van der Waals surface area contributed by atoms with Crippen LogP contribution in [0.2, 0.25) is 0 Å². The van der Waals surface area contributed by atoms with E-state index in [0.717, 1.165) is 35.1 Å². The fraction of sp³-hybridized carbons (Fsp3) is 0.667. The van der Waals surface area contributed by atoms with Crippen LogP contribution >= 0.6 is 22.9 Å². The Morgan fingerprint density at radius 1 is 1.04 bits per heavy atom. The van der Waals surface area contributed by atoms with Crippen molar-refractivity contribution in [1.82, 2.24) is 19.8 Å². The van der Waals surface area contributed by atoms with Crippen molar-refractivity contribution >= 4 is 33.9 Å². The number of aromatic nitrogens is 4. The molecule has 8 heteroatoms. The lowest BCUT2D eigenvalue weighted by atomic mass is 10.1. The van der Waals surface area contributed by atoms with E-state index < -0.39 is 0 Å². The van der Waals surface area contributed by atoms with Crippen LogP contribution in [-0.4, -0.2) is 25.7 Å². The molecule has 23 heavy (non-hydrogen) atoms. The summed E-state index contributed by atoms with van der Waals surface area (Å²) in [7, 11) is 0. The number of nitrogens with zero attached hydrogens (tertiary/aromatic N) is 4. The van der Waals surface area contributed by atoms with Gasteiger partial charge in [0.25, 0.3) is 5.91 Å². The molecule has 2 rings (SSSR count). The molecule has 1 amide bonds. The molecular formula is C15H23N5OS2. The molecule has 0 bridgehead atoms. The number of carbonyl (C=O) groups is 1. The quantitative estimate of drug-likeness (QED) is 0.650. The SMILES string of the molecule is CCCCCCCCc1nnc(NC(=O)c2snnc2CC)s1. The Balaban J connectivity index is 1.77. The first-order chi connectivity index (χ1) is 11.2. The van der Waals surface area contributed by atoms with E-state index in [1.54, 1.807) is 0 Å². The highest BCUT2D eigenvalue weighted by Crippen LogP contribution is 2.20. The second kappa shape index (κ2) is 9.67. The molecule has 2 aromatic heterocycles. The van der Waals surface area contributed by atoms with Gasteiger partial charge in [0.15, 0.2) is 0 Å². The first-order valence-electron chi connectivity index (χ1n) is 8.19. The van der Waals surface area contributed by atoms with Crippen molar-refractivity contribution < 1.29 is 4.79 Å². The minimum atomic E-state index is -0.195. The van der Waals surface area contributed by atoms with E-state index in [9.17, 15) is 4.79 Å². The van der Waals surface area contributed by atoms with Gasteiger partial charge >= 0.3 is 0 Å². The van der Waals surface area contributed by atoms with Crippen LogP contribution in [0.3, 0.4) is 0 Å². The zero-order chi connectivity index (χ0) is 16.5. The topological polar surface area (TPSA) is 80.7 Å². The zero-order valence-electron chi connectivity index (χ0n) is 13.7. The van der Waals surface area contributed by atoms with Crippen molar-refractivity contribution in [2.24, 2.45) is 0 Å². The zero-order valence-corrected chi connectivity index (χ0v) is 15.3. The minimum Gasteiger partial charge on any atom is -0.296 e. The molecule has 2 aromatic rings. The van der Waals surface area contributed by atoms with Gasteiger partial charge in [-0.05, 0) is 24.4 Å². The van der Waals surface area contributed by atoms with E-state index in [1.165, 1.54) is 43.4 Å². The number of unbranched alkanes of at least 4 members (excludes halogenated alkanes) is 5. The lowest BCUT2D eigenvalue weighted by Crippen LogP contribution is -2.12. The summed E-state index contributed by atoms with van der Waals surface area (Å²) in [4.78, 5) is 12.7. The third-order valence-electron chi connectivity index (χ3n) is 3.53. The molecule has 0 saturated carbocycles. The third kappa shape index (κ3) is 5.62. The summed E-state index contributed by atoms with van der Waals surface area (Å²) >= 11 is 2.56. The highest BCUT2D eigenvalue weighted by Gasteiger charge is 2.16. The molecule has 0 aliphatic heterocycles. The first kappa shape index (κ1) is 17.9. The second-order valence-electron chi connectivity index (χ2n) is 5.38. The molecule has 0 atom stereocenters. The van der Waals surface area contributed by atoms with Gasteiger partial charge in [0, 0.05) is 6.42 Å². The highest BCUT2D eigenvalue weighted by atomic mass is 32.1. The van der Waals surface area contributed by atoms with Crippen LogP contribution in [0.1, 0.15) is 72.7 Å². The Kier molecular flexibility index (Phi) is 7.54. The number of carbonyl (C=O) groups excluding carboxylic acids is 1. The van der Waals surface area contributed by atoms with Gasteiger partial charge in [-0.2, -0.15) is 0 Å². The molecule has 0 radical (unpaired) electrons. The molecule has 0 aliphatic rings. The highest BCUT2D eigenvalue weighted by molar-refractivity contribution is 7.15. The average molecular weight is 354 g/mol. The van der Waals surface area contributed by atoms with Gasteiger partial charge in [-0.3, -0.25) is 10.1 Å². The van der Waals surface area contributed by atoms with Crippen LogP contribution in [0.4, 0.5) is 5.13 Å². The maximum atomic E-state index is 12.2. The lowest BCUT2D eigenvalue weighted by molar-refractivity contribution is 0.102. The molecule has 0 fully saturated rings. The third-order valence-corrected chi connectivity index (χ3v) is 5.19. The smallest absolute Gasteiger partial charge is 0.271 e. The van der Waals surface area contributed by atoms with Crippen LogP contribution in [0.25, 0.3) is 0 Å². The summed E-state index contributed by atoms with van der Waals surface area (Å²) in [6, 6.07) is 0. The Hall–Kier alpha value is -1.41. The number of rotatable bonds is 10. The summed E-state index contributed by atoms with van der Waals surface area (Å²) in [5, 5.41) is 16.5. The van der Waals surface area contributed by atoms with Gasteiger partial charge in [0.2, 0.25) is 5.13 Å². The number of hydrogen-bond donors (Lipinski definition) is 1. The Bertz CT molecular complexity index is 611. The predicted octanol–water partition coefficient (Wildman–Crippen LogP) is 4.11. The summed E-state index contributed by atoms with van der Waals surface area (Å²) in [6.45, 7) is 4.18. The van der Waals surface area contributed by atoms with E-state index in [2.05, 4.69) is 32.0 Å². The van der Waals surface area contributed by atoms with Crippen molar-refractivity contribution in [2.45, 2.75) is 65.2 Å². The molecule has 2 heterocycles. The van der Waals surface area contributed by atoms with Crippen molar-refractivity contribution in [1.29, 1.82) is 0 Å². The largest absolute Gasteiger partial charge is 0.296 e. The van der Waals surface area contributed by atoms with Gasteiger partial charge in [0.05, 0.1) is 5.69 Å². The fourth-order valence-corrected chi connectivity index (χ4v) is 3.65. The fourth-order valence-electron chi connectivity index (χ4n) is 2.23. The van der Waals surface area contributed by atoms with Crippen molar-refractivity contribution in [3.05, 3.63) is 15.6 Å². The van der Waals surface area contributed by atoms with E-state index in [4.69, 9.17) is 0 Å². The number of aryl methyl sites for hydroxylation is 2. The molecule has 0 aliphatic carbocycles. The number of nitrogens with one attached hydrogen (secondary N) is 1. The van der Waals surface area contributed by atoms with E-state index >= 15 is 0 Å². The lowest BCUT2D eigenvalue weighted by Gasteiger charge is -1.99. The van der Waals surface area contributed by atoms with Crippen molar-refractivity contribution in [3.63, 3.8) is 0 Å². The molecule has 0 saturated heterocycles. The maximum Gasteiger partial charge on any atom is 0.271 e. The molecule has 0 aromatic carbocycles. The number of hydrogen-bond acceptors (Lipinski definition) is 7. The minimum absolute atomic E-state index is 0.195. The molecule has 6 nitrogen and oxygen atoms in total. The second-order valence-corrected chi connectivity index (χ2v) is 7.19. The van der Waals surface area contributed by atoms with Crippen molar-refractivity contribution in [3.8, 4) is 0 Å². The van der Waals surface area contributed by atoms with E-state index in [-0.39, 0.29) is 5.91 Å². The first-order valence-corrected chi connectivity index (χ1v) is 9.78. The number of anilines is 1. The van der Waals surface area contributed by atoms with Gasteiger partial charge in [-0.1, -0.05) is 61.8 Å². The summed E-state index contributed by atoms with van der Waals surface area (Å²) in [5.41, 5.74) is 0.726. The van der Waals surface area contributed by atoms with Crippen molar-refractivity contribution in [2.75, 3.05) is 5.32 Å². The van der Waals surface area contributed by atoms with Crippen LogP contribution in [-0.2, 0) is 12.8 Å². The molecule has 1 N–H and O–H groups in total.